The zero-order valence-corrected chi connectivity index (χ0v) is 10.1. The lowest BCUT2D eigenvalue weighted by Gasteiger charge is -2.32. The van der Waals surface area contributed by atoms with E-state index < -0.39 is 0 Å². The highest BCUT2D eigenvalue weighted by atomic mass is 16.7. The van der Waals surface area contributed by atoms with Gasteiger partial charge in [-0.15, -0.1) is 0 Å². The molecule has 1 saturated heterocycles. The van der Waals surface area contributed by atoms with Crippen molar-refractivity contribution in [2.45, 2.75) is 45.8 Å². The summed E-state index contributed by atoms with van der Waals surface area (Å²) in [5, 5.41) is 0. The molecule has 82 valence electrons. The summed E-state index contributed by atoms with van der Waals surface area (Å²) in [4.78, 5) is 0. The molecule has 1 fully saturated rings. The van der Waals surface area contributed by atoms with Crippen LogP contribution in [0.4, 0.5) is 0 Å². The van der Waals surface area contributed by atoms with Crippen LogP contribution in [0, 0.1) is 0 Å². The molecule has 2 N–H and O–H groups in total. The van der Waals surface area contributed by atoms with Gasteiger partial charge in [0.05, 0.1) is 11.2 Å². The Balaban J connectivity index is 0.000000791. The highest BCUT2D eigenvalue weighted by Gasteiger charge is 2.49. The molecular formula is C10H22BNO2. The van der Waals surface area contributed by atoms with Crippen molar-refractivity contribution in [3.05, 3.63) is 12.1 Å². The molecule has 0 aromatic heterocycles. The smallest absolute Gasteiger partial charge is 0.400 e. The molecule has 0 spiro atoms. The lowest BCUT2D eigenvalue weighted by Crippen LogP contribution is -2.41. The molecule has 0 aromatic rings. The second-order valence-electron chi connectivity index (χ2n) is 4.15. The quantitative estimate of drug-likeness (QED) is 0.654. The van der Waals surface area contributed by atoms with Crippen molar-refractivity contribution in [1.29, 1.82) is 0 Å². The summed E-state index contributed by atoms with van der Waals surface area (Å²) in [5.74, 6) is 1.93. The Labute approximate surface area is 87.8 Å². The molecule has 0 aliphatic carbocycles. The van der Waals surface area contributed by atoms with Crippen LogP contribution in [-0.4, -0.2) is 25.4 Å². The first kappa shape index (κ1) is 13.7. The normalized spacial score (nSPS) is 23.5. The SMILES string of the molecule is C/C=C/B1OC(C)(C)C(C)(C)O1.CN. The van der Waals surface area contributed by atoms with E-state index in [-0.39, 0.29) is 18.3 Å². The molecule has 1 aliphatic rings. The third-order valence-electron chi connectivity index (χ3n) is 2.62. The average Bonchev–Trinajstić information content (AvgIpc) is 2.25. The third kappa shape index (κ3) is 2.84. The summed E-state index contributed by atoms with van der Waals surface area (Å²) in [7, 11) is 1.32. The molecule has 0 atom stereocenters. The van der Waals surface area contributed by atoms with Crippen LogP contribution in [0.2, 0.25) is 0 Å². The second kappa shape index (κ2) is 4.96. The molecule has 0 unspecified atom stereocenters. The highest BCUT2D eigenvalue weighted by molar-refractivity contribution is 6.51. The molecule has 0 aromatic carbocycles. The van der Waals surface area contributed by atoms with E-state index in [1.807, 2.05) is 19.0 Å². The van der Waals surface area contributed by atoms with Crippen LogP contribution in [0.1, 0.15) is 34.6 Å². The molecule has 1 aliphatic heterocycles. The summed E-state index contributed by atoms with van der Waals surface area (Å²) >= 11 is 0. The molecule has 0 bridgehead atoms. The largest absolute Gasteiger partial charge is 0.486 e. The molecular weight excluding hydrogens is 177 g/mol. The summed E-state index contributed by atoms with van der Waals surface area (Å²) in [6.07, 6.45) is 1.95. The monoisotopic (exact) mass is 199 g/mol. The van der Waals surface area contributed by atoms with Gasteiger partial charge in [0.25, 0.3) is 0 Å². The third-order valence-corrected chi connectivity index (χ3v) is 2.62. The van der Waals surface area contributed by atoms with Crippen molar-refractivity contribution in [2.24, 2.45) is 5.73 Å². The van der Waals surface area contributed by atoms with Crippen LogP contribution in [0.25, 0.3) is 0 Å². The number of allylic oxidation sites excluding steroid dienone is 1. The van der Waals surface area contributed by atoms with Crippen LogP contribution in [-0.2, 0) is 9.31 Å². The van der Waals surface area contributed by atoms with E-state index in [2.05, 4.69) is 33.4 Å². The van der Waals surface area contributed by atoms with Crippen molar-refractivity contribution in [3.63, 3.8) is 0 Å². The fourth-order valence-electron chi connectivity index (χ4n) is 1.12. The summed E-state index contributed by atoms with van der Waals surface area (Å²) in [6, 6.07) is 0. The average molecular weight is 199 g/mol. The zero-order valence-electron chi connectivity index (χ0n) is 10.1. The van der Waals surface area contributed by atoms with Crippen molar-refractivity contribution in [2.75, 3.05) is 7.05 Å². The standard InChI is InChI=1S/C9H17BO2.CH5N/c1-6-7-10-11-8(2,3)9(4,5)12-10;1-2/h6-7H,1-5H3;2H2,1H3/b7-6+;. The van der Waals surface area contributed by atoms with Gasteiger partial charge in [-0.25, -0.2) is 0 Å². The minimum absolute atomic E-state index is 0.181. The maximum absolute atomic E-state index is 5.70. The van der Waals surface area contributed by atoms with Crippen LogP contribution >= 0.6 is 0 Å². The fraction of sp³-hybridized carbons (Fsp3) is 0.800. The van der Waals surface area contributed by atoms with E-state index in [0.717, 1.165) is 0 Å². The van der Waals surface area contributed by atoms with Gasteiger partial charge in [0.1, 0.15) is 0 Å². The summed E-state index contributed by atoms with van der Waals surface area (Å²) in [6.45, 7) is 10.2. The van der Waals surface area contributed by atoms with Gasteiger partial charge in [-0.1, -0.05) is 12.1 Å². The maximum Gasteiger partial charge on any atom is 0.486 e. The minimum Gasteiger partial charge on any atom is -0.400 e. The summed E-state index contributed by atoms with van der Waals surface area (Å²) in [5.41, 5.74) is 4.08. The van der Waals surface area contributed by atoms with Crippen molar-refractivity contribution < 1.29 is 9.31 Å². The number of rotatable bonds is 1. The topological polar surface area (TPSA) is 44.5 Å². The van der Waals surface area contributed by atoms with Gasteiger partial charge in [-0.3, -0.25) is 0 Å². The molecule has 3 nitrogen and oxygen atoms in total. The first-order valence-corrected chi connectivity index (χ1v) is 4.95. The van der Waals surface area contributed by atoms with Crippen molar-refractivity contribution in [1.82, 2.24) is 0 Å². The Bertz CT molecular complexity index is 186. The van der Waals surface area contributed by atoms with E-state index >= 15 is 0 Å². The van der Waals surface area contributed by atoms with Gasteiger partial charge in [0, 0.05) is 0 Å². The van der Waals surface area contributed by atoms with Gasteiger partial charge in [0.2, 0.25) is 0 Å². The van der Waals surface area contributed by atoms with Crippen LogP contribution < -0.4 is 5.73 Å². The Morgan fingerprint density at radius 2 is 1.36 bits per heavy atom. The number of hydrogen-bond donors (Lipinski definition) is 1. The Morgan fingerprint density at radius 3 is 1.64 bits per heavy atom. The van der Waals surface area contributed by atoms with Gasteiger partial charge in [-0.05, 0) is 41.7 Å². The van der Waals surface area contributed by atoms with Crippen LogP contribution in [0.15, 0.2) is 12.1 Å². The van der Waals surface area contributed by atoms with Crippen molar-refractivity contribution in [3.8, 4) is 0 Å². The predicted molar refractivity (Wildman–Crippen MR) is 61.0 cm³/mol. The van der Waals surface area contributed by atoms with Gasteiger partial charge < -0.3 is 15.0 Å². The van der Waals surface area contributed by atoms with Gasteiger partial charge in [0.15, 0.2) is 0 Å². The van der Waals surface area contributed by atoms with Crippen molar-refractivity contribution >= 4 is 7.12 Å². The van der Waals surface area contributed by atoms with E-state index in [4.69, 9.17) is 9.31 Å². The lowest BCUT2D eigenvalue weighted by atomic mass is 9.90. The van der Waals surface area contributed by atoms with E-state index in [1.54, 1.807) is 0 Å². The Morgan fingerprint density at radius 1 is 1.00 bits per heavy atom. The van der Waals surface area contributed by atoms with Crippen LogP contribution in [0.3, 0.4) is 0 Å². The summed E-state index contributed by atoms with van der Waals surface area (Å²) < 4.78 is 11.4. The van der Waals surface area contributed by atoms with Gasteiger partial charge >= 0.3 is 7.12 Å². The first-order valence-electron chi connectivity index (χ1n) is 4.95. The molecule has 4 heteroatoms. The van der Waals surface area contributed by atoms with Gasteiger partial charge in [-0.2, -0.15) is 0 Å². The molecule has 1 rings (SSSR count). The zero-order chi connectivity index (χ0) is 11.4. The highest BCUT2D eigenvalue weighted by Crippen LogP contribution is 2.36. The maximum atomic E-state index is 5.70. The van der Waals surface area contributed by atoms with E-state index in [9.17, 15) is 0 Å². The Kier molecular flexibility index (Phi) is 4.85. The number of hydrogen-bond acceptors (Lipinski definition) is 3. The minimum atomic E-state index is -0.211. The molecule has 0 saturated carbocycles. The van der Waals surface area contributed by atoms with E-state index in [0.29, 0.717) is 0 Å². The predicted octanol–water partition coefficient (Wildman–Crippen LogP) is 1.77. The molecule has 1 heterocycles. The lowest BCUT2D eigenvalue weighted by molar-refractivity contribution is 0.00578. The molecule has 0 amide bonds. The number of nitrogens with two attached hydrogens (primary N) is 1. The fourth-order valence-corrected chi connectivity index (χ4v) is 1.12. The molecule has 0 radical (unpaired) electrons. The Hall–Kier alpha value is -0.315. The molecule has 14 heavy (non-hydrogen) atoms. The van der Waals surface area contributed by atoms with Crippen LogP contribution in [0.5, 0.6) is 0 Å². The second-order valence-corrected chi connectivity index (χ2v) is 4.15. The first-order chi connectivity index (χ1) is 6.39. The van der Waals surface area contributed by atoms with E-state index in [1.165, 1.54) is 7.05 Å².